The second-order valence-electron chi connectivity index (χ2n) is 5.56. The van der Waals surface area contributed by atoms with Gasteiger partial charge < -0.3 is 10.6 Å². The van der Waals surface area contributed by atoms with E-state index >= 15 is 0 Å². The minimum Gasteiger partial charge on any atom is -0.358 e. The van der Waals surface area contributed by atoms with Crippen LogP contribution in [0.5, 0.6) is 0 Å². The van der Waals surface area contributed by atoms with Crippen LogP contribution in [0.15, 0.2) is 28.6 Å². The van der Waals surface area contributed by atoms with E-state index in [4.69, 9.17) is 0 Å². The number of anilines is 2. The van der Waals surface area contributed by atoms with E-state index in [1.165, 1.54) is 30.0 Å². The molecule has 2 rings (SSSR count). The number of amides is 1. The summed E-state index contributed by atoms with van der Waals surface area (Å²) in [7, 11) is 0. The molecule has 1 aromatic carbocycles. The highest BCUT2D eigenvalue weighted by molar-refractivity contribution is 8.02. The first kappa shape index (κ1) is 18.4. The molecule has 128 valence electrons. The minimum absolute atomic E-state index is 0.0347. The summed E-state index contributed by atoms with van der Waals surface area (Å²) in [5.74, 6) is -0.179. The Morgan fingerprint density at radius 1 is 1.21 bits per heavy atom. The number of aromatic nitrogens is 2. The molecule has 0 bridgehead atoms. The van der Waals surface area contributed by atoms with E-state index in [1.807, 2.05) is 20.8 Å². The third-order valence-electron chi connectivity index (χ3n) is 3.00. The van der Waals surface area contributed by atoms with Crippen molar-refractivity contribution < 1.29 is 9.59 Å². The van der Waals surface area contributed by atoms with Crippen LogP contribution in [0.4, 0.5) is 10.8 Å². The molecule has 0 aliphatic rings. The van der Waals surface area contributed by atoms with Gasteiger partial charge >= 0.3 is 0 Å². The van der Waals surface area contributed by atoms with Crippen LogP contribution in [0.2, 0.25) is 0 Å². The zero-order chi connectivity index (χ0) is 17.7. The minimum atomic E-state index is -0.328. The van der Waals surface area contributed by atoms with Crippen LogP contribution in [-0.4, -0.2) is 33.2 Å². The number of ketones is 1. The van der Waals surface area contributed by atoms with E-state index in [0.717, 1.165) is 9.47 Å². The topological polar surface area (TPSA) is 84.0 Å². The van der Waals surface area contributed by atoms with Crippen LogP contribution in [-0.2, 0) is 4.79 Å². The number of nitrogens with one attached hydrogen (secondary N) is 2. The quantitative estimate of drug-likeness (QED) is 0.576. The van der Waals surface area contributed by atoms with Crippen LogP contribution in [0, 0.1) is 0 Å². The Bertz CT molecular complexity index is 730. The van der Waals surface area contributed by atoms with Gasteiger partial charge in [0.2, 0.25) is 11.0 Å². The molecule has 0 aliphatic carbocycles. The van der Waals surface area contributed by atoms with Crippen molar-refractivity contribution in [3.63, 3.8) is 0 Å². The Morgan fingerprint density at radius 3 is 2.62 bits per heavy atom. The average molecular weight is 364 g/mol. The largest absolute Gasteiger partial charge is 0.358 e. The van der Waals surface area contributed by atoms with Crippen LogP contribution in [0.25, 0.3) is 0 Å². The highest BCUT2D eigenvalue weighted by Crippen LogP contribution is 2.29. The van der Waals surface area contributed by atoms with Gasteiger partial charge in [0, 0.05) is 17.3 Å². The van der Waals surface area contributed by atoms with Crippen molar-refractivity contribution in [3.05, 3.63) is 29.8 Å². The number of hydrogen-bond acceptors (Lipinski definition) is 7. The van der Waals surface area contributed by atoms with Crippen molar-refractivity contribution in [1.82, 2.24) is 10.2 Å². The van der Waals surface area contributed by atoms with Crippen molar-refractivity contribution in [3.8, 4) is 0 Å². The summed E-state index contributed by atoms with van der Waals surface area (Å²) < 4.78 is 0.735. The molecule has 0 radical (unpaired) electrons. The molecule has 1 amide bonds. The first-order valence-corrected chi connectivity index (χ1v) is 9.23. The summed E-state index contributed by atoms with van der Waals surface area (Å²) in [6.07, 6.45) is 0. The van der Waals surface area contributed by atoms with E-state index in [9.17, 15) is 9.59 Å². The summed E-state index contributed by atoms with van der Waals surface area (Å²) in [5.41, 5.74) is 1.18. The van der Waals surface area contributed by atoms with Gasteiger partial charge in [-0.25, -0.2) is 0 Å². The van der Waals surface area contributed by atoms with Gasteiger partial charge in [-0.2, -0.15) is 0 Å². The molecule has 0 aliphatic heterocycles. The number of carbonyl (C=O) groups is 2. The third kappa shape index (κ3) is 5.31. The van der Waals surface area contributed by atoms with Crippen molar-refractivity contribution in [2.75, 3.05) is 10.6 Å². The predicted octanol–water partition coefficient (Wildman–Crippen LogP) is 3.68. The van der Waals surface area contributed by atoms with Gasteiger partial charge in [0.1, 0.15) is 0 Å². The molecule has 2 N–H and O–H groups in total. The molecule has 0 saturated heterocycles. The Morgan fingerprint density at radius 2 is 1.96 bits per heavy atom. The molecule has 6 nitrogen and oxygen atoms in total. The van der Waals surface area contributed by atoms with Crippen LogP contribution in [0.1, 0.15) is 38.1 Å². The Kier molecular flexibility index (Phi) is 6.33. The van der Waals surface area contributed by atoms with E-state index in [1.54, 1.807) is 24.3 Å². The number of thioether (sulfide) groups is 1. The molecule has 0 saturated carbocycles. The summed E-state index contributed by atoms with van der Waals surface area (Å²) >= 11 is 2.78. The Labute approximate surface area is 149 Å². The van der Waals surface area contributed by atoms with Crippen molar-refractivity contribution in [1.29, 1.82) is 0 Å². The average Bonchev–Trinajstić information content (AvgIpc) is 2.93. The van der Waals surface area contributed by atoms with Gasteiger partial charge in [0.05, 0.1) is 5.25 Å². The van der Waals surface area contributed by atoms with Gasteiger partial charge in [0.25, 0.3) is 0 Å². The van der Waals surface area contributed by atoms with Crippen LogP contribution < -0.4 is 10.6 Å². The highest BCUT2D eigenvalue weighted by atomic mass is 32.2. The molecule has 0 fully saturated rings. The molecule has 0 unspecified atom stereocenters. The molecular weight excluding hydrogens is 344 g/mol. The molecule has 1 heterocycles. The number of rotatable bonds is 7. The van der Waals surface area contributed by atoms with Gasteiger partial charge in [-0.3, -0.25) is 9.59 Å². The summed E-state index contributed by atoms with van der Waals surface area (Å²) in [6, 6.07) is 7.19. The molecule has 2 aromatic rings. The predicted molar refractivity (Wildman–Crippen MR) is 99.1 cm³/mol. The van der Waals surface area contributed by atoms with Crippen LogP contribution in [0.3, 0.4) is 0 Å². The zero-order valence-corrected chi connectivity index (χ0v) is 15.6. The molecule has 0 spiro atoms. The molecular formula is C16H20N4O2S2. The van der Waals surface area contributed by atoms with Gasteiger partial charge in [0.15, 0.2) is 10.1 Å². The monoisotopic (exact) mass is 364 g/mol. The van der Waals surface area contributed by atoms with Gasteiger partial charge in [-0.1, -0.05) is 35.2 Å². The lowest BCUT2D eigenvalue weighted by Crippen LogP contribution is -2.22. The maximum atomic E-state index is 12.3. The summed E-state index contributed by atoms with van der Waals surface area (Å²) in [5, 5.41) is 14.6. The lowest BCUT2D eigenvalue weighted by atomic mass is 10.1. The standard InChI is InChI=1S/C16H20N4O2S2/c1-9(2)17-15-19-20-16(24-15)23-11(4)14(22)18-13-7-5-6-12(8-13)10(3)21/h5-9,11H,1-4H3,(H,17,19)(H,18,22)/t11-/m0/s1. The normalized spacial score (nSPS) is 12.0. The van der Waals surface area contributed by atoms with E-state index < -0.39 is 0 Å². The Hall–Kier alpha value is -1.93. The zero-order valence-electron chi connectivity index (χ0n) is 14.0. The van der Waals surface area contributed by atoms with Gasteiger partial charge in [-0.05, 0) is 39.8 Å². The molecule has 8 heteroatoms. The van der Waals surface area contributed by atoms with E-state index in [-0.39, 0.29) is 23.0 Å². The fraction of sp³-hybridized carbons (Fsp3) is 0.375. The second kappa shape index (κ2) is 8.25. The number of Topliss-reactive ketones (excluding diaryl/α,β-unsaturated/α-hetero) is 1. The summed E-state index contributed by atoms with van der Waals surface area (Å²) in [4.78, 5) is 23.7. The van der Waals surface area contributed by atoms with Gasteiger partial charge in [-0.15, -0.1) is 10.2 Å². The lowest BCUT2D eigenvalue weighted by Gasteiger charge is -2.10. The van der Waals surface area contributed by atoms with Crippen molar-refractivity contribution in [2.24, 2.45) is 0 Å². The maximum absolute atomic E-state index is 12.3. The number of nitrogens with zero attached hydrogens (tertiary/aromatic N) is 2. The third-order valence-corrected chi connectivity index (χ3v) is 5.04. The van der Waals surface area contributed by atoms with Crippen molar-refractivity contribution >= 4 is 45.6 Å². The smallest absolute Gasteiger partial charge is 0.237 e. The number of benzene rings is 1. The van der Waals surface area contributed by atoms with E-state index in [2.05, 4.69) is 20.8 Å². The fourth-order valence-corrected chi connectivity index (χ4v) is 3.87. The van der Waals surface area contributed by atoms with Crippen LogP contribution >= 0.6 is 23.1 Å². The SMILES string of the molecule is CC(=O)c1cccc(NC(=O)[C@H](C)Sc2nnc(NC(C)C)s2)c1. The maximum Gasteiger partial charge on any atom is 0.237 e. The van der Waals surface area contributed by atoms with E-state index in [0.29, 0.717) is 11.3 Å². The highest BCUT2D eigenvalue weighted by Gasteiger charge is 2.18. The van der Waals surface area contributed by atoms with Crippen molar-refractivity contribution in [2.45, 2.75) is 43.3 Å². The summed E-state index contributed by atoms with van der Waals surface area (Å²) in [6.45, 7) is 7.36. The first-order chi connectivity index (χ1) is 11.3. The second-order valence-corrected chi connectivity index (χ2v) is 8.12. The first-order valence-electron chi connectivity index (χ1n) is 7.53. The lowest BCUT2D eigenvalue weighted by molar-refractivity contribution is -0.115. The fourth-order valence-electron chi connectivity index (χ4n) is 1.83. The number of hydrogen-bond donors (Lipinski definition) is 2. The number of carbonyl (C=O) groups excluding carboxylic acids is 2. The Balaban J connectivity index is 1.96. The molecule has 1 atom stereocenters. The molecule has 1 aromatic heterocycles. The molecule has 24 heavy (non-hydrogen) atoms.